The molecule has 6 heteroatoms. The van der Waals surface area contributed by atoms with Crippen LogP contribution in [0.5, 0.6) is 0 Å². The van der Waals surface area contributed by atoms with Gasteiger partial charge in [-0.2, -0.15) is 0 Å². The maximum atomic E-state index is 5.67. The van der Waals surface area contributed by atoms with E-state index in [-0.39, 0.29) is 0 Å². The molecule has 0 radical (unpaired) electrons. The second-order valence-corrected chi connectivity index (χ2v) is 5.12. The number of hydrogen-bond acceptors (Lipinski definition) is 4. The first-order chi connectivity index (χ1) is 10.3. The molecule has 5 nitrogen and oxygen atoms in total. The fourth-order valence-corrected chi connectivity index (χ4v) is 2.20. The first-order valence-electron chi connectivity index (χ1n) is 6.81. The Morgan fingerprint density at radius 3 is 2.86 bits per heavy atom. The maximum absolute atomic E-state index is 5.67. The van der Waals surface area contributed by atoms with Crippen molar-refractivity contribution in [1.82, 2.24) is 20.2 Å². The molecule has 0 atom stereocenters. The Bertz CT molecular complexity index is 693. The van der Waals surface area contributed by atoms with Crippen molar-refractivity contribution in [3.63, 3.8) is 0 Å². The lowest BCUT2D eigenvalue weighted by Gasteiger charge is -1.94. The number of aromatic nitrogens is 4. The molecular weight excluding hydrogens is 288 g/mol. The molecule has 108 valence electrons. The van der Waals surface area contributed by atoms with Crippen LogP contribution < -0.4 is 0 Å². The Kier molecular flexibility index (Phi) is 4.31. The molecule has 0 amide bonds. The van der Waals surface area contributed by atoms with E-state index in [1.165, 1.54) is 0 Å². The third-order valence-corrected chi connectivity index (χ3v) is 3.37. The van der Waals surface area contributed by atoms with Gasteiger partial charge in [-0.05, 0) is 12.8 Å². The Labute approximate surface area is 127 Å². The van der Waals surface area contributed by atoms with Crippen molar-refractivity contribution in [3.05, 3.63) is 54.0 Å². The molecule has 0 aliphatic carbocycles. The predicted octanol–water partition coefficient (Wildman–Crippen LogP) is 3.15. The van der Waals surface area contributed by atoms with Gasteiger partial charge in [0.2, 0.25) is 0 Å². The third-order valence-electron chi connectivity index (χ3n) is 3.10. The van der Waals surface area contributed by atoms with Crippen molar-refractivity contribution < 1.29 is 4.52 Å². The van der Waals surface area contributed by atoms with E-state index in [1.54, 1.807) is 4.68 Å². The molecule has 0 saturated carbocycles. The smallest absolute Gasteiger partial charge is 0.158 e. The van der Waals surface area contributed by atoms with Gasteiger partial charge in [0.15, 0.2) is 5.76 Å². The van der Waals surface area contributed by atoms with Crippen LogP contribution in [0.15, 0.2) is 47.1 Å². The number of rotatable bonds is 6. The van der Waals surface area contributed by atoms with Crippen LogP contribution in [0.25, 0.3) is 11.3 Å². The highest BCUT2D eigenvalue weighted by Gasteiger charge is 2.08. The number of aryl methyl sites for hydroxylation is 1. The molecule has 21 heavy (non-hydrogen) atoms. The van der Waals surface area contributed by atoms with Crippen molar-refractivity contribution in [3.8, 4) is 11.3 Å². The van der Waals surface area contributed by atoms with Crippen molar-refractivity contribution in [2.75, 3.05) is 5.88 Å². The topological polar surface area (TPSA) is 56.7 Å². The molecule has 0 spiro atoms. The predicted molar refractivity (Wildman–Crippen MR) is 80.1 cm³/mol. The Balaban J connectivity index is 1.68. The second kappa shape index (κ2) is 6.54. The van der Waals surface area contributed by atoms with Crippen molar-refractivity contribution in [2.24, 2.45) is 0 Å². The zero-order valence-electron chi connectivity index (χ0n) is 11.4. The van der Waals surface area contributed by atoms with Gasteiger partial charge in [-0.1, -0.05) is 40.7 Å². The van der Waals surface area contributed by atoms with Gasteiger partial charge in [-0.15, -0.1) is 16.7 Å². The molecule has 0 bridgehead atoms. The van der Waals surface area contributed by atoms with E-state index in [9.17, 15) is 0 Å². The van der Waals surface area contributed by atoms with E-state index >= 15 is 0 Å². The van der Waals surface area contributed by atoms with Gasteiger partial charge >= 0.3 is 0 Å². The minimum atomic E-state index is 0.522. The molecule has 0 aliphatic heterocycles. The SMILES string of the molecule is ClCCCc1cn(Cc2cc(-c3ccccc3)no2)nn1. The summed E-state index contributed by atoms with van der Waals surface area (Å²) < 4.78 is 7.10. The quantitative estimate of drug-likeness (QED) is 0.656. The summed E-state index contributed by atoms with van der Waals surface area (Å²) in [5.41, 5.74) is 2.81. The zero-order valence-corrected chi connectivity index (χ0v) is 12.2. The fourth-order valence-electron chi connectivity index (χ4n) is 2.07. The van der Waals surface area contributed by atoms with Crippen molar-refractivity contribution in [1.29, 1.82) is 0 Å². The Morgan fingerprint density at radius 1 is 1.19 bits per heavy atom. The normalized spacial score (nSPS) is 10.9. The summed E-state index contributed by atoms with van der Waals surface area (Å²) in [5.74, 6) is 1.39. The van der Waals surface area contributed by atoms with Gasteiger partial charge in [-0.25, -0.2) is 4.68 Å². The zero-order chi connectivity index (χ0) is 14.5. The molecule has 0 unspecified atom stereocenters. The van der Waals surface area contributed by atoms with E-state index in [0.29, 0.717) is 12.4 Å². The summed E-state index contributed by atoms with van der Waals surface area (Å²) in [6.45, 7) is 0.522. The molecule has 3 rings (SSSR count). The van der Waals surface area contributed by atoms with Crippen LogP contribution in [0.1, 0.15) is 17.9 Å². The summed E-state index contributed by atoms with van der Waals surface area (Å²) in [5, 5.41) is 12.3. The fraction of sp³-hybridized carbons (Fsp3) is 0.267. The number of benzene rings is 1. The highest BCUT2D eigenvalue weighted by atomic mass is 35.5. The van der Waals surface area contributed by atoms with Gasteiger partial charge < -0.3 is 4.52 Å². The van der Waals surface area contributed by atoms with Crippen LogP contribution in [-0.2, 0) is 13.0 Å². The summed E-state index contributed by atoms with van der Waals surface area (Å²) in [4.78, 5) is 0. The lowest BCUT2D eigenvalue weighted by atomic mass is 10.1. The molecule has 0 N–H and O–H groups in total. The monoisotopic (exact) mass is 302 g/mol. The minimum Gasteiger partial charge on any atom is -0.359 e. The first kappa shape index (κ1) is 13.8. The van der Waals surface area contributed by atoms with E-state index in [4.69, 9.17) is 16.1 Å². The summed E-state index contributed by atoms with van der Waals surface area (Å²) >= 11 is 5.67. The molecule has 0 aliphatic rings. The third kappa shape index (κ3) is 3.49. The average Bonchev–Trinajstić information content (AvgIpc) is 3.16. The molecule has 0 saturated heterocycles. The van der Waals surface area contributed by atoms with Crippen LogP contribution in [0.4, 0.5) is 0 Å². The second-order valence-electron chi connectivity index (χ2n) is 4.74. The Hall–Kier alpha value is -2.14. The summed E-state index contributed by atoms with van der Waals surface area (Å²) in [6, 6.07) is 11.9. The van der Waals surface area contributed by atoms with Gasteiger partial charge in [0.05, 0.1) is 5.69 Å². The van der Waals surface area contributed by atoms with Gasteiger partial charge in [0, 0.05) is 23.7 Å². The number of alkyl halides is 1. The number of nitrogens with zero attached hydrogens (tertiary/aromatic N) is 4. The molecule has 0 fully saturated rings. The van der Waals surface area contributed by atoms with Crippen molar-refractivity contribution in [2.45, 2.75) is 19.4 Å². The van der Waals surface area contributed by atoms with E-state index in [2.05, 4.69) is 15.5 Å². The lowest BCUT2D eigenvalue weighted by molar-refractivity contribution is 0.372. The standard InChI is InChI=1S/C15H15ClN4O/c16-8-4-7-13-10-20(19-17-13)11-14-9-15(18-21-14)12-5-2-1-3-6-12/h1-3,5-6,9-10H,4,7-8,11H2. The van der Waals surface area contributed by atoms with Crippen LogP contribution >= 0.6 is 11.6 Å². The highest BCUT2D eigenvalue weighted by Crippen LogP contribution is 2.18. The van der Waals surface area contributed by atoms with Gasteiger partial charge in [0.25, 0.3) is 0 Å². The highest BCUT2D eigenvalue weighted by molar-refractivity contribution is 6.17. The lowest BCUT2D eigenvalue weighted by Crippen LogP contribution is -1.98. The number of hydrogen-bond donors (Lipinski definition) is 0. The van der Waals surface area contributed by atoms with E-state index < -0.39 is 0 Å². The van der Waals surface area contributed by atoms with Crippen molar-refractivity contribution >= 4 is 11.6 Å². The average molecular weight is 303 g/mol. The minimum absolute atomic E-state index is 0.522. The molecule has 1 aromatic carbocycles. The Morgan fingerprint density at radius 2 is 2.05 bits per heavy atom. The largest absolute Gasteiger partial charge is 0.359 e. The van der Waals surface area contributed by atoms with E-state index in [1.807, 2.05) is 42.6 Å². The first-order valence-corrected chi connectivity index (χ1v) is 7.34. The van der Waals surface area contributed by atoms with Crippen LogP contribution in [-0.4, -0.2) is 26.0 Å². The molecular formula is C15H15ClN4O. The maximum Gasteiger partial charge on any atom is 0.158 e. The summed E-state index contributed by atoms with van der Waals surface area (Å²) in [7, 11) is 0. The van der Waals surface area contributed by atoms with Crippen LogP contribution in [0, 0.1) is 0 Å². The molecule has 2 heterocycles. The number of halogens is 1. The molecule has 3 aromatic rings. The van der Waals surface area contributed by atoms with Crippen LogP contribution in [0.2, 0.25) is 0 Å². The van der Waals surface area contributed by atoms with Gasteiger partial charge in [-0.3, -0.25) is 0 Å². The van der Waals surface area contributed by atoms with Crippen LogP contribution in [0.3, 0.4) is 0 Å². The van der Waals surface area contributed by atoms with E-state index in [0.717, 1.165) is 35.6 Å². The van der Waals surface area contributed by atoms with Gasteiger partial charge in [0.1, 0.15) is 12.2 Å². The summed E-state index contributed by atoms with van der Waals surface area (Å²) in [6.07, 6.45) is 3.66. The molecule has 2 aromatic heterocycles.